The number of ether oxygens (including phenoxy) is 4. The molecule has 0 bridgehead atoms. The zero-order valence-electron chi connectivity index (χ0n) is 16.9. The van der Waals surface area contributed by atoms with E-state index in [1.807, 2.05) is 29.7 Å². The second-order valence-corrected chi connectivity index (χ2v) is 7.09. The first-order valence-corrected chi connectivity index (χ1v) is 9.99. The summed E-state index contributed by atoms with van der Waals surface area (Å²) in [6.07, 6.45) is 0. The fourth-order valence-corrected chi connectivity index (χ4v) is 4.00. The molecule has 1 amide bonds. The number of carbonyl (C=O) groups excluding carboxylic acids is 1. The molecule has 0 saturated carbocycles. The Morgan fingerprint density at radius 1 is 1.10 bits per heavy atom. The zero-order valence-corrected chi connectivity index (χ0v) is 17.7. The van der Waals surface area contributed by atoms with Crippen LogP contribution in [0.3, 0.4) is 0 Å². The van der Waals surface area contributed by atoms with E-state index in [-0.39, 0.29) is 5.91 Å². The van der Waals surface area contributed by atoms with Gasteiger partial charge < -0.3 is 23.5 Å². The summed E-state index contributed by atoms with van der Waals surface area (Å²) in [5.74, 6) is 1.45. The number of benzene rings is 2. The molecule has 0 unspecified atom stereocenters. The number of para-hydroxylation sites is 1. The average Bonchev–Trinajstić information content (AvgIpc) is 3.09. The predicted molar refractivity (Wildman–Crippen MR) is 112 cm³/mol. The number of amides is 1. The average molecular weight is 416 g/mol. The molecule has 8 heteroatoms. The van der Waals surface area contributed by atoms with Gasteiger partial charge in [-0.2, -0.15) is 4.99 Å². The van der Waals surface area contributed by atoms with Crippen molar-refractivity contribution in [3.63, 3.8) is 0 Å². The topological polar surface area (TPSA) is 71.3 Å². The van der Waals surface area contributed by atoms with Crippen molar-refractivity contribution in [3.05, 3.63) is 46.8 Å². The lowest BCUT2D eigenvalue weighted by molar-refractivity contribution is 0.0996. The molecule has 1 aromatic heterocycles. The van der Waals surface area contributed by atoms with Crippen LogP contribution in [0.25, 0.3) is 10.2 Å². The summed E-state index contributed by atoms with van der Waals surface area (Å²) in [7, 11) is 4.73. The number of nitrogens with zero attached hydrogens (tertiary/aromatic N) is 2. The number of hydrogen-bond donors (Lipinski definition) is 0. The highest BCUT2D eigenvalue weighted by molar-refractivity contribution is 7.16. The maximum absolute atomic E-state index is 12.9. The molecular weight excluding hydrogens is 392 g/mol. The van der Waals surface area contributed by atoms with Gasteiger partial charge in [0, 0.05) is 25.3 Å². The summed E-state index contributed by atoms with van der Waals surface area (Å²) in [5, 5.41) is 0. The summed E-state index contributed by atoms with van der Waals surface area (Å²) in [6.45, 7) is 3.53. The van der Waals surface area contributed by atoms with Gasteiger partial charge in [-0.1, -0.05) is 17.4 Å². The minimum Gasteiger partial charge on any atom is -0.497 e. The van der Waals surface area contributed by atoms with Gasteiger partial charge in [0.25, 0.3) is 5.91 Å². The van der Waals surface area contributed by atoms with E-state index in [0.717, 1.165) is 16.0 Å². The molecular formula is C21H24N2O5S. The van der Waals surface area contributed by atoms with Gasteiger partial charge in [-0.15, -0.1) is 0 Å². The van der Waals surface area contributed by atoms with E-state index < -0.39 is 0 Å². The molecule has 2 aromatic carbocycles. The van der Waals surface area contributed by atoms with Gasteiger partial charge in [0.15, 0.2) is 4.80 Å². The van der Waals surface area contributed by atoms with Gasteiger partial charge in [-0.25, -0.2) is 0 Å². The van der Waals surface area contributed by atoms with E-state index in [2.05, 4.69) is 4.99 Å². The van der Waals surface area contributed by atoms with Crippen molar-refractivity contribution in [1.82, 2.24) is 4.57 Å². The Morgan fingerprint density at radius 3 is 2.45 bits per heavy atom. The van der Waals surface area contributed by atoms with E-state index in [1.165, 1.54) is 11.3 Å². The monoisotopic (exact) mass is 416 g/mol. The fourth-order valence-electron chi connectivity index (χ4n) is 2.93. The highest BCUT2D eigenvalue weighted by Crippen LogP contribution is 2.28. The Bertz CT molecular complexity index is 1050. The SMILES string of the molecule is CCOc1cccc2sc(=NC(=O)c3cc(OC)cc(OC)c3)n(CCOC)c12. The highest BCUT2D eigenvalue weighted by atomic mass is 32.1. The summed E-state index contributed by atoms with van der Waals surface area (Å²) in [6, 6.07) is 10.8. The largest absolute Gasteiger partial charge is 0.497 e. The molecule has 0 N–H and O–H groups in total. The van der Waals surface area contributed by atoms with E-state index in [4.69, 9.17) is 18.9 Å². The molecule has 1 heterocycles. The first kappa shape index (κ1) is 20.9. The van der Waals surface area contributed by atoms with E-state index in [1.54, 1.807) is 39.5 Å². The van der Waals surface area contributed by atoms with Crippen molar-refractivity contribution < 1.29 is 23.7 Å². The fraction of sp³-hybridized carbons (Fsp3) is 0.333. The van der Waals surface area contributed by atoms with E-state index in [9.17, 15) is 4.79 Å². The van der Waals surface area contributed by atoms with Crippen molar-refractivity contribution in [1.29, 1.82) is 0 Å². The van der Waals surface area contributed by atoms with Crippen LogP contribution in [0, 0.1) is 0 Å². The molecule has 0 atom stereocenters. The molecule has 29 heavy (non-hydrogen) atoms. The summed E-state index contributed by atoms with van der Waals surface area (Å²) in [4.78, 5) is 17.9. The molecule has 0 aliphatic heterocycles. The molecule has 0 spiro atoms. The molecule has 7 nitrogen and oxygen atoms in total. The van der Waals surface area contributed by atoms with Crippen LogP contribution in [0.4, 0.5) is 0 Å². The third-order valence-corrected chi connectivity index (χ3v) is 5.32. The minimum atomic E-state index is -0.377. The van der Waals surface area contributed by atoms with Gasteiger partial charge >= 0.3 is 0 Å². The van der Waals surface area contributed by atoms with Gasteiger partial charge in [0.1, 0.15) is 22.8 Å². The summed E-state index contributed by atoms with van der Waals surface area (Å²) in [5.41, 5.74) is 1.30. The molecule has 3 rings (SSSR count). The van der Waals surface area contributed by atoms with Crippen molar-refractivity contribution in [2.75, 3.05) is 34.5 Å². The Hall–Kier alpha value is -2.84. The first-order chi connectivity index (χ1) is 14.1. The van der Waals surface area contributed by atoms with Crippen LogP contribution in [-0.2, 0) is 11.3 Å². The normalized spacial score (nSPS) is 11.7. The highest BCUT2D eigenvalue weighted by Gasteiger charge is 2.14. The number of hydrogen-bond acceptors (Lipinski definition) is 6. The Balaban J connectivity index is 2.14. The number of thiazole rings is 1. The van der Waals surface area contributed by atoms with E-state index >= 15 is 0 Å². The van der Waals surface area contributed by atoms with Crippen LogP contribution in [0.1, 0.15) is 17.3 Å². The van der Waals surface area contributed by atoms with Crippen LogP contribution in [0.2, 0.25) is 0 Å². The van der Waals surface area contributed by atoms with Crippen LogP contribution < -0.4 is 19.0 Å². The number of methoxy groups -OCH3 is 3. The smallest absolute Gasteiger partial charge is 0.279 e. The van der Waals surface area contributed by atoms with Gasteiger partial charge in [0.05, 0.1) is 32.1 Å². The van der Waals surface area contributed by atoms with Crippen LogP contribution >= 0.6 is 11.3 Å². The van der Waals surface area contributed by atoms with Crippen LogP contribution in [0.15, 0.2) is 41.4 Å². The second-order valence-electron chi connectivity index (χ2n) is 6.08. The molecule has 0 saturated heterocycles. The quantitative estimate of drug-likeness (QED) is 0.562. The molecule has 0 aliphatic carbocycles. The molecule has 0 aliphatic rings. The number of aromatic nitrogens is 1. The Labute approximate surface area is 173 Å². The third-order valence-electron chi connectivity index (χ3n) is 4.28. The van der Waals surface area contributed by atoms with Gasteiger partial charge in [-0.05, 0) is 31.2 Å². The molecule has 154 valence electrons. The first-order valence-electron chi connectivity index (χ1n) is 9.17. The summed E-state index contributed by atoms with van der Waals surface area (Å²) >= 11 is 1.43. The summed E-state index contributed by atoms with van der Waals surface area (Å²) < 4.78 is 24.5. The second kappa shape index (κ2) is 9.58. The number of rotatable bonds is 8. The lowest BCUT2D eigenvalue weighted by Gasteiger charge is -2.09. The third kappa shape index (κ3) is 4.60. The van der Waals surface area contributed by atoms with Gasteiger partial charge in [0.2, 0.25) is 0 Å². The van der Waals surface area contributed by atoms with Gasteiger partial charge in [-0.3, -0.25) is 4.79 Å². The van der Waals surface area contributed by atoms with Crippen molar-refractivity contribution in [2.45, 2.75) is 13.5 Å². The Kier molecular flexibility index (Phi) is 6.90. The molecule has 3 aromatic rings. The minimum absolute atomic E-state index is 0.377. The molecule has 0 fully saturated rings. The van der Waals surface area contributed by atoms with Crippen molar-refractivity contribution in [2.24, 2.45) is 4.99 Å². The maximum atomic E-state index is 12.9. The van der Waals surface area contributed by atoms with Crippen LogP contribution in [-0.4, -0.2) is 45.0 Å². The van der Waals surface area contributed by atoms with Crippen LogP contribution in [0.5, 0.6) is 17.2 Å². The standard InChI is InChI=1S/C21H24N2O5S/c1-5-28-17-7-6-8-18-19(17)23(9-10-25-2)21(29-18)22-20(24)14-11-15(26-3)13-16(12-14)27-4/h6-8,11-13H,5,9-10H2,1-4H3. The zero-order chi connectivity index (χ0) is 20.8. The maximum Gasteiger partial charge on any atom is 0.279 e. The number of carbonyl (C=O) groups is 1. The lowest BCUT2D eigenvalue weighted by atomic mass is 10.2. The lowest BCUT2D eigenvalue weighted by Crippen LogP contribution is -2.19. The van der Waals surface area contributed by atoms with E-state index in [0.29, 0.717) is 41.6 Å². The Morgan fingerprint density at radius 2 is 1.83 bits per heavy atom. The predicted octanol–water partition coefficient (Wildman–Crippen LogP) is 3.51. The van der Waals surface area contributed by atoms with Crippen molar-refractivity contribution in [3.8, 4) is 17.2 Å². The van der Waals surface area contributed by atoms with Crippen molar-refractivity contribution >= 4 is 27.5 Å². The molecule has 0 radical (unpaired) electrons. The number of fused-ring (bicyclic) bond motifs is 1.